The Labute approximate surface area is 178 Å². The lowest BCUT2D eigenvalue weighted by molar-refractivity contribution is -0.150. The van der Waals surface area contributed by atoms with Crippen LogP contribution in [0.2, 0.25) is 0 Å². The molecule has 8 nitrogen and oxygen atoms in total. The van der Waals surface area contributed by atoms with E-state index in [1.54, 1.807) is 9.80 Å². The zero-order chi connectivity index (χ0) is 22.8. The minimum Gasteiger partial charge on any atom is -0.357 e. The number of nitrogens with one attached hydrogen (secondary N) is 1. The molecule has 1 aromatic rings. The van der Waals surface area contributed by atoms with Gasteiger partial charge >= 0.3 is 6.18 Å². The average Bonchev–Trinajstić information content (AvgIpc) is 2.77. The van der Waals surface area contributed by atoms with Crippen molar-refractivity contribution in [3.8, 4) is 0 Å². The van der Waals surface area contributed by atoms with E-state index in [4.69, 9.17) is 0 Å². The number of anilines is 1. The van der Waals surface area contributed by atoms with Crippen molar-refractivity contribution in [3.05, 3.63) is 23.9 Å². The highest BCUT2D eigenvalue weighted by molar-refractivity contribution is 5.89. The van der Waals surface area contributed by atoms with Crippen molar-refractivity contribution in [3.63, 3.8) is 0 Å². The molecule has 2 saturated heterocycles. The fraction of sp³-hybridized carbons (Fsp3) is 0.600. The molecule has 1 aromatic heterocycles. The van der Waals surface area contributed by atoms with Gasteiger partial charge in [-0.15, -0.1) is 0 Å². The SMILES string of the molecule is CNC(=O)[C@H]1CN(C(C)=O)CCN1C(=O)C1CCN(c2ccc(C(F)(F)F)cn2)CC1. The van der Waals surface area contributed by atoms with Crippen LogP contribution in [0.3, 0.4) is 0 Å². The summed E-state index contributed by atoms with van der Waals surface area (Å²) >= 11 is 0. The number of carbonyl (C=O) groups excluding carboxylic acids is 3. The van der Waals surface area contributed by atoms with Crippen molar-refractivity contribution in [2.75, 3.05) is 44.7 Å². The summed E-state index contributed by atoms with van der Waals surface area (Å²) < 4.78 is 38.1. The van der Waals surface area contributed by atoms with Crippen LogP contribution in [0.25, 0.3) is 0 Å². The number of carbonyl (C=O) groups is 3. The Balaban J connectivity index is 1.62. The first-order valence-electron chi connectivity index (χ1n) is 10.2. The third kappa shape index (κ3) is 5.08. The Bertz CT molecular complexity index is 822. The fourth-order valence-corrected chi connectivity index (χ4v) is 4.05. The van der Waals surface area contributed by atoms with Gasteiger partial charge in [-0.3, -0.25) is 14.4 Å². The number of hydrogen-bond acceptors (Lipinski definition) is 5. The second-order valence-corrected chi connectivity index (χ2v) is 7.79. The topological polar surface area (TPSA) is 85.8 Å². The van der Waals surface area contributed by atoms with Crippen LogP contribution in [0.4, 0.5) is 19.0 Å². The molecule has 170 valence electrons. The highest BCUT2D eigenvalue weighted by Crippen LogP contribution is 2.30. The zero-order valence-electron chi connectivity index (χ0n) is 17.5. The number of aromatic nitrogens is 1. The summed E-state index contributed by atoms with van der Waals surface area (Å²) in [4.78, 5) is 46.1. The Morgan fingerprint density at radius 2 is 1.77 bits per heavy atom. The Hall–Kier alpha value is -2.85. The van der Waals surface area contributed by atoms with Crippen molar-refractivity contribution in [1.29, 1.82) is 0 Å². The minimum absolute atomic E-state index is 0.128. The standard InChI is InChI=1S/C20H26F3N5O3/c1-13(29)27-9-10-28(16(12-27)18(30)24-2)19(31)14-5-7-26(8-6-14)17-4-3-15(11-25-17)20(21,22)23/h3-4,11,14,16H,5-10,12H2,1-2H3,(H,24,30)/t16-/m1/s1. The van der Waals surface area contributed by atoms with E-state index in [-0.39, 0.29) is 36.7 Å². The first-order chi connectivity index (χ1) is 14.6. The van der Waals surface area contributed by atoms with Gasteiger partial charge in [0.15, 0.2) is 0 Å². The zero-order valence-corrected chi connectivity index (χ0v) is 17.5. The third-order valence-electron chi connectivity index (χ3n) is 5.90. The average molecular weight is 441 g/mol. The van der Waals surface area contributed by atoms with Crippen molar-refractivity contribution in [2.45, 2.75) is 32.0 Å². The molecule has 3 amide bonds. The quantitative estimate of drug-likeness (QED) is 0.760. The van der Waals surface area contributed by atoms with E-state index in [0.717, 1.165) is 12.3 Å². The van der Waals surface area contributed by atoms with Gasteiger partial charge < -0.3 is 20.0 Å². The molecule has 31 heavy (non-hydrogen) atoms. The second kappa shape index (κ2) is 9.11. The van der Waals surface area contributed by atoms with Crippen LogP contribution in [0.1, 0.15) is 25.3 Å². The number of alkyl halides is 3. The molecule has 0 saturated carbocycles. The minimum atomic E-state index is -4.43. The molecule has 0 aromatic carbocycles. The van der Waals surface area contributed by atoms with E-state index >= 15 is 0 Å². The van der Waals surface area contributed by atoms with Gasteiger partial charge in [-0.2, -0.15) is 13.2 Å². The first kappa shape index (κ1) is 22.8. The summed E-state index contributed by atoms with van der Waals surface area (Å²) in [6.45, 7) is 3.22. The van der Waals surface area contributed by atoms with Gasteiger partial charge in [0, 0.05) is 52.3 Å². The van der Waals surface area contributed by atoms with E-state index in [0.29, 0.717) is 38.3 Å². The molecule has 1 atom stereocenters. The van der Waals surface area contributed by atoms with Crippen LogP contribution in [0, 0.1) is 5.92 Å². The third-order valence-corrected chi connectivity index (χ3v) is 5.90. The molecule has 0 bridgehead atoms. The van der Waals surface area contributed by atoms with E-state index in [1.807, 2.05) is 4.90 Å². The van der Waals surface area contributed by atoms with Gasteiger partial charge in [-0.05, 0) is 25.0 Å². The molecule has 3 rings (SSSR count). The second-order valence-electron chi connectivity index (χ2n) is 7.79. The highest BCUT2D eigenvalue weighted by Gasteiger charge is 2.39. The lowest BCUT2D eigenvalue weighted by atomic mass is 9.94. The fourth-order valence-electron chi connectivity index (χ4n) is 4.05. The molecular weight excluding hydrogens is 415 g/mol. The molecule has 0 spiro atoms. The van der Waals surface area contributed by atoms with Crippen LogP contribution in [-0.4, -0.2) is 78.3 Å². The van der Waals surface area contributed by atoms with Gasteiger partial charge in [0.05, 0.1) is 12.1 Å². The number of likely N-dealkylation sites (N-methyl/N-ethyl adjacent to an activating group) is 1. The maximum absolute atomic E-state index is 13.1. The Kier molecular flexibility index (Phi) is 6.71. The normalized spacial score (nSPS) is 20.5. The lowest BCUT2D eigenvalue weighted by Crippen LogP contribution is -2.62. The monoisotopic (exact) mass is 441 g/mol. The number of piperidine rings is 1. The highest BCUT2D eigenvalue weighted by atomic mass is 19.4. The van der Waals surface area contributed by atoms with Gasteiger partial charge in [-0.1, -0.05) is 0 Å². The molecule has 2 aliphatic rings. The van der Waals surface area contributed by atoms with Crippen LogP contribution >= 0.6 is 0 Å². The number of piperazine rings is 1. The van der Waals surface area contributed by atoms with Gasteiger partial charge in [0.2, 0.25) is 17.7 Å². The number of pyridine rings is 1. The predicted octanol–water partition coefficient (Wildman–Crippen LogP) is 1.12. The van der Waals surface area contributed by atoms with Crippen LogP contribution in [-0.2, 0) is 20.6 Å². The molecule has 2 fully saturated rings. The van der Waals surface area contributed by atoms with E-state index in [9.17, 15) is 27.6 Å². The Morgan fingerprint density at radius 3 is 2.29 bits per heavy atom. The summed E-state index contributed by atoms with van der Waals surface area (Å²) in [6, 6.07) is 1.61. The number of hydrogen-bond donors (Lipinski definition) is 1. The molecule has 1 N–H and O–H groups in total. The largest absolute Gasteiger partial charge is 0.417 e. The summed E-state index contributed by atoms with van der Waals surface area (Å²) in [5, 5.41) is 2.56. The molecule has 0 aliphatic carbocycles. The molecule has 0 radical (unpaired) electrons. The number of rotatable bonds is 3. The summed E-state index contributed by atoms with van der Waals surface area (Å²) in [6.07, 6.45) is -2.60. The lowest BCUT2D eigenvalue weighted by Gasteiger charge is -2.42. The smallest absolute Gasteiger partial charge is 0.357 e. The van der Waals surface area contributed by atoms with Crippen LogP contribution < -0.4 is 10.2 Å². The van der Waals surface area contributed by atoms with Crippen molar-refractivity contribution in [1.82, 2.24) is 20.1 Å². The molecule has 11 heteroatoms. The summed E-state index contributed by atoms with van der Waals surface area (Å²) in [5.41, 5.74) is -0.800. The predicted molar refractivity (Wildman–Crippen MR) is 106 cm³/mol. The van der Waals surface area contributed by atoms with Crippen LogP contribution in [0.15, 0.2) is 18.3 Å². The van der Waals surface area contributed by atoms with Crippen molar-refractivity contribution in [2.24, 2.45) is 5.92 Å². The van der Waals surface area contributed by atoms with Gasteiger partial charge in [0.1, 0.15) is 11.9 Å². The first-order valence-corrected chi connectivity index (χ1v) is 10.2. The Morgan fingerprint density at radius 1 is 1.10 bits per heavy atom. The number of nitrogens with zero attached hydrogens (tertiary/aromatic N) is 4. The molecule has 2 aliphatic heterocycles. The number of halogens is 3. The summed E-state index contributed by atoms with van der Waals surface area (Å²) in [7, 11) is 1.49. The number of amides is 3. The summed E-state index contributed by atoms with van der Waals surface area (Å²) in [5.74, 6) is -0.431. The van der Waals surface area contributed by atoms with E-state index < -0.39 is 17.8 Å². The van der Waals surface area contributed by atoms with Crippen LogP contribution in [0.5, 0.6) is 0 Å². The van der Waals surface area contributed by atoms with Gasteiger partial charge in [-0.25, -0.2) is 4.98 Å². The maximum atomic E-state index is 13.1. The van der Waals surface area contributed by atoms with Gasteiger partial charge in [0.25, 0.3) is 0 Å². The molecular formula is C20H26F3N5O3. The van der Waals surface area contributed by atoms with E-state index in [2.05, 4.69) is 10.3 Å². The molecule has 0 unspecified atom stereocenters. The van der Waals surface area contributed by atoms with E-state index in [1.165, 1.54) is 20.0 Å². The maximum Gasteiger partial charge on any atom is 0.417 e. The van der Waals surface area contributed by atoms with Crippen molar-refractivity contribution < 1.29 is 27.6 Å². The molecule has 3 heterocycles. The van der Waals surface area contributed by atoms with Crippen molar-refractivity contribution >= 4 is 23.5 Å².